The summed E-state index contributed by atoms with van der Waals surface area (Å²) >= 11 is 0. The molecule has 148 valence electrons. The molecule has 0 saturated carbocycles. The molecule has 5 heteroatoms. The molecule has 0 N–H and O–H groups in total. The van der Waals surface area contributed by atoms with Gasteiger partial charge in [0.25, 0.3) is 5.91 Å². The highest BCUT2D eigenvalue weighted by molar-refractivity contribution is 6.09. The molecule has 1 aromatic heterocycles. The van der Waals surface area contributed by atoms with E-state index in [1.165, 1.54) is 5.56 Å². The highest BCUT2D eigenvalue weighted by atomic mass is 16.5. The molecule has 3 aromatic rings. The van der Waals surface area contributed by atoms with E-state index in [1.807, 2.05) is 42.5 Å². The number of pyridine rings is 1. The molecule has 0 aliphatic carbocycles. The topological polar surface area (TPSA) is 51.7 Å². The minimum absolute atomic E-state index is 0.00929. The summed E-state index contributed by atoms with van der Waals surface area (Å²) in [6.45, 7) is 2.59. The Hall–Kier alpha value is -3.34. The third-order valence-electron chi connectivity index (χ3n) is 5.18. The Labute approximate surface area is 170 Å². The van der Waals surface area contributed by atoms with Gasteiger partial charge in [0, 0.05) is 24.1 Å². The number of carbonyl (C=O) groups is 1. The van der Waals surface area contributed by atoms with Gasteiger partial charge in [-0.3, -0.25) is 9.78 Å². The normalized spacial score (nSPS) is 13.9. The first-order valence-electron chi connectivity index (χ1n) is 9.79. The molecule has 0 radical (unpaired) electrons. The summed E-state index contributed by atoms with van der Waals surface area (Å²) in [5.74, 6) is 1.26. The fraction of sp³-hybridized carbons (Fsp3) is 0.250. The maximum absolute atomic E-state index is 12.8. The molecule has 5 nitrogen and oxygen atoms in total. The van der Waals surface area contributed by atoms with Crippen LogP contribution in [0.25, 0.3) is 0 Å². The molecular formula is C24H24N2O3. The quantitative estimate of drug-likeness (QED) is 0.591. The number of fused-ring (bicyclic) bond motifs is 1. The van der Waals surface area contributed by atoms with Crippen molar-refractivity contribution >= 4 is 11.6 Å². The van der Waals surface area contributed by atoms with Crippen molar-refractivity contribution in [2.75, 3.05) is 12.0 Å². The van der Waals surface area contributed by atoms with Crippen LogP contribution in [0.5, 0.6) is 11.5 Å². The molecule has 0 fully saturated rings. The second-order valence-electron chi connectivity index (χ2n) is 7.21. The zero-order chi connectivity index (χ0) is 20.2. The van der Waals surface area contributed by atoms with Gasteiger partial charge in [0.05, 0.1) is 25.3 Å². The Kier molecular flexibility index (Phi) is 5.47. The molecule has 1 aliphatic heterocycles. The van der Waals surface area contributed by atoms with Gasteiger partial charge in [-0.2, -0.15) is 0 Å². The molecule has 0 saturated heterocycles. The Morgan fingerprint density at radius 3 is 2.69 bits per heavy atom. The molecule has 1 amide bonds. The summed E-state index contributed by atoms with van der Waals surface area (Å²) in [7, 11) is 1.62. The van der Waals surface area contributed by atoms with Gasteiger partial charge in [0.2, 0.25) is 0 Å². The number of hydrogen-bond acceptors (Lipinski definition) is 4. The number of carbonyl (C=O) groups excluding carboxylic acids is 1. The first kappa shape index (κ1) is 19.0. The van der Waals surface area contributed by atoms with Gasteiger partial charge in [-0.1, -0.05) is 30.3 Å². The zero-order valence-corrected chi connectivity index (χ0v) is 16.7. The van der Waals surface area contributed by atoms with E-state index >= 15 is 0 Å². The van der Waals surface area contributed by atoms with Crippen molar-refractivity contribution in [2.24, 2.45) is 0 Å². The Morgan fingerprint density at radius 2 is 1.93 bits per heavy atom. The molecule has 2 heterocycles. The van der Waals surface area contributed by atoms with Crippen LogP contribution < -0.4 is 14.4 Å². The van der Waals surface area contributed by atoms with Crippen LogP contribution >= 0.6 is 0 Å². The van der Waals surface area contributed by atoms with Crippen molar-refractivity contribution in [3.8, 4) is 11.5 Å². The van der Waals surface area contributed by atoms with Crippen molar-refractivity contribution in [3.63, 3.8) is 0 Å². The summed E-state index contributed by atoms with van der Waals surface area (Å²) in [6.07, 6.45) is 5.18. The standard InChI is InChI=1S/C24H24N2O3/c1-17(8-9-18-6-4-3-5-7-18)29-23-14-20(10-11-22(23)28-2)26-16-19-12-13-25-15-21(19)24(26)27/h3-7,10-15,17H,8-9,16H2,1-2H3. The molecular weight excluding hydrogens is 364 g/mol. The number of ether oxygens (including phenoxy) is 2. The van der Waals surface area contributed by atoms with E-state index in [0.717, 1.165) is 24.1 Å². The molecule has 2 aromatic carbocycles. The number of anilines is 1. The maximum Gasteiger partial charge on any atom is 0.260 e. The third kappa shape index (κ3) is 4.09. The lowest BCUT2D eigenvalue weighted by Gasteiger charge is -2.21. The number of hydrogen-bond donors (Lipinski definition) is 0. The molecule has 4 rings (SSSR count). The third-order valence-corrected chi connectivity index (χ3v) is 5.18. The predicted octanol–water partition coefficient (Wildman–Crippen LogP) is 4.65. The zero-order valence-electron chi connectivity index (χ0n) is 16.7. The Morgan fingerprint density at radius 1 is 1.10 bits per heavy atom. The van der Waals surface area contributed by atoms with Gasteiger partial charge in [0.15, 0.2) is 11.5 Å². The van der Waals surface area contributed by atoms with Crippen LogP contribution in [-0.4, -0.2) is 24.1 Å². The second-order valence-corrected chi connectivity index (χ2v) is 7.21. The lowest BCUT2D eigenvalue weighted by atomic mass is 10.1. The van der Waals surface area contributed by atoms with Crippen LogP contribution in [0.15, 0.2) is 67.0 Å². The van der Waals surface area contributed by atoms with E-state index in [4.69, 9.17) is 9.47 Å². The van der Waals surface area contributed by atoms with E-state index < -0.39 is 0 Å². The SMILES string of the molecule is COc1ccc(N2Cc3ccncc3C2=O)cc1OC(C)CCc1ccccc1. The van der Waals surface area contributed by atoms with E-state index in [0.29, 0.717) is 23.6 Å². The van der Waals surface area contributed by atoms with Crippen molar-refractivity contribution in [3.05, 3.63) is 83.7 Å². The lowest BCUT2D eigenvalue weighted by Crippen LogP contribution is -2.23. The number of aromatic nitrogens is 1. The molecule has 0 spiro atoms. The minimum Gasteiger partial charge on any atom is -0.493 e. The number of aryl methyl sites for hydroxylation is 1. The summed E-state index contributed by atoms with van der Waals surface area (Å²) in [5, 5.41) is 0. The van der Waals surface area contributed by atoms with Crippen LogP contribution in [0.4, 0.5) is 5.69 Å². The fourth-order valence-electron chi connectivity index (χ4n) is 3.57. The Balaban J connectivity index is 1.49. The first-order chi connectivity index (χ1) is 14.2. The van der Waals surface area contributed by atoms with Gasteiger partial charge in [-0.25, -0.2) is 0 Å². The fourth-order valence-corrected chi connectivity index (χ4v) is 3.57. The molecule has 0 bridgehead atoms. The van der Waals surface area contributed by atoms with Gasteiger partial charge in [-0.05, 0) is 49.1 Å². The van der Waals surface area contributed by atoms with Gasteiger partial charge in [0.1, 0.15) is 0 Å². The Bertz CT molecular complexity index is 1000. The minimum atomic E-state index is -0.0404. The van der Waals surface area contributed by atoms with Crippen LogP contribution in [0.3, 0.4) is 0 Å². The van der Waals surface area contributed by atoms with Crippen molar-refractivity contribution in [2.45, 2.75) is 32.4 Å². The predicted molar refractivity (Wildman–Crippen MR) is 113 cm³/mol. The van der Waals surface area contributed by atoms with Crippen LogP contribution in [0.1, 0.15) is 34.8 Å². The number of rotatable bonds is 7. The largest absolute Gasteiger partial charge is 0.493 e. The van der Waals surface area contributed by atoms with E-state index in [2.05, 4.69) is 24.0 Å². The van der Waals surface area contributed by atoms with Crippen molar-refractivity contribution < 1.29 is 14.3 Å². The average Bonchev–Trinajstić information content (AvgIpc) is 3.10. The highest BCUT2D eigenvalue weighted by Gasteiger charge is 2.29. The molecule has 1 unspecified atom stereocenters. The smallest absolute Gasteiger partial charge is 0.260 e. The van der Waals surface area contributed by atoms with Gasteiger partial charge >= 0.3 is 0 Å². The summed E-state index contributed by atoms with van der Waals surface area (Å²) in [5.41, 5.74) is 3.72. The summed E-state index contributed by atoms with van der Waals surface area (Å²) in [4.78, 5) is 18.6. The average molecular weight is 388 g/mol. The molecule has 29 heavy (non-hydrogen) atoms. The lowest BCUT2D eigenvalue weighted by molar-refractivity contribution is 0.0996. The van der Waals surface area contributed by atoms with E-state index in [-0.39, 0.29) is 12.0 Å². The number of methoxy groups -OCH3 is 1. The molecule has 1 aliphatic rings. The van der Waals surface area contributed by atoms with Crippen LogP contribution in [-0.2, 0) is 13.0 Å². The van der Waals surface area contributed by atoms with Crippen molar-refractivity contribution in [1.29, 1.82) is 0 Å². The van der Waals surface area contributed by atoms with E-state index in [1.54, 1.807) is 24.4 Å². The van der Waals surface area contributed by atoms with Crippen LogP contribution in [0.2, 0.25) is 0 Å². The monoisotopic (exact) mass is 388 g/mol. The van der Waals surface area contributed by atoms with E-state index in [9.17, 15) is 4.79 Å². The van der Waals surface area contributed by atoms with Gasteiger partial charge in [-0.15, -0.1) is 0 Å². The van der Waals surface area contributed by atoms with Gasteiger partial charge < -0.3 is 14.4 Å². The number of benzene rings is 2. The second kappa shape index (κ2) is 8.35. The maximum atomic E-state index is 12.8. The summed E-state index contributed by atoms with van der Waals surface area (Å²) < 4.78 is 11.7. The summed E-state index contributed by atoms with van der Waals surface area (Å²) in [6, 6.07) is 17.9. The first-order valence-corrected chi connectivity index (χ1v) is 9.79. The number of nitrogens with zero attached hydrogens (tertiary/aromatic N) is 2. The van der Waals surface area contributed by atoms with Crippen molar-refractivity contribution in [1.82, 2.24) is 4.98 Å². The highest BCUT2D eigenvalue weighted by Crippen LogP contribution is 2.36. The molecule has 1 atom stereocenters. The van der Waals surface area contributed by atoms with Crippen LogP contribution in [0, 0.1) is 0 Å². The number of amides is 1.